The molecule has 10 nitrogen and oxygen atoms in total. The van der Waals surface area contributed by atoms with Crippen LogP contribution in [0.2, 0.25) is 5.02 Å². The number of nitrogens with one attached hydrogen (secondary N) is 1. The lowest BCUT2D eigenvalue weighted by atomic mass is 9.95. The van der Waals surface area contributed by atoms with Gasteiger partial charge in [-0.3, -0.25) is 24.6 Å². The Kier molecular flexibility index (Phi) is 7.43. The molecule has 3 N–H and O–H groups in total. The first kappa shape index (κ1) is 27.8. The van der Waals surface area contributed by atoms with Crippen molar-refractivity contribution in [1.82, 2.24) is 15.1 Å². The number of fused-ring (bicyclic) bond motifs is 1. The van der Waals surface area contributed by atoms with Gasteiger partial charge in [0.15, 0.2) is 0 Å². The molecular weight excluding hydrogens is 539 g/mol. The van der Waals surface area contributed by atoms with E-state index in [0.717, 1.165) is 23.1 Å². The molecule has 4 rings (SSSR count). The highest BCUT2D eigenvalue weighted by molar-refractivity contribution is 7.93. The lowest BCUT2D eigenvalue weighted by Gasteiger charge is -2.56. The van der Waals surface area contributed by atoms with Crippen LogP contribution in [0, 0.1) is 12.2 Å². The van der Waals surface area contributed by atoms with Crippen LogP contribution in [0.5, 0.6) is 5.75 Å². The molecule has 0 aromatic heterocycles. The largest absolute Gasteiger partial charge is 0.495 e. The van der Waals surface area contributed by atoms with Crippen molar-refractivity contribution in [2.75, 3.05) is 13.7 Å². The first-order chi connectivity index (χ1) is 17.8. The van der Waals surface area contributed by atoms with Crippen LogP contribution in [0.3, 0.4) is 0 Å². The Balaban J connectivity index is 1.98. The summed E-state index contributed by atoms with van der Waals surface area (Å²) in [6.45, 7) is 2.80. The van der Waals surface area contributed by atoms with E-state index in [-0.39, 0.29) is 12.2 Å². The second-order valence-corrected chi connectivity index (χ2v) is 11.8. The van der Waals surface area contributed by atoms with Gasteiger partial charge in [-0.05, 0) is 49.7 Å². The van der Waals surface area contributed by atoms with Crippen molar-refractivity contribution in [1.29, 1.82) is 0 Å². The molecule has 3 atom stereocenters. The molecular formula is C25H26ClFN4O6S. The van der Waals surface area contributed by atoms with Gasteiger partial charge in [-0.2, -0.15) is 0 Å². The molecule has 3 amide bonds. The van der Waals surface area contributed by atoms with E-state index >= 15 is 0 Å². The van der Waals surface area contributed by atoms with Crippen LogP contribution < -0.4 is 15.8 Å². The van der Waals surface area contributed by atoms with E-state index in [0.29, 0.717) is 10.6 Å². The molecule has 2 radical (unpaired) electrons. The number of ether oxygens (including phenoxy) is 1. The normalized spacial score (nSPS) is 23.9. The fraction of sp³-hybridized carbons (Fsp3) is 0.360. The van der Waals surface area contributed by atoms with Gasteiger partial charge in [0.2, 0.25) is 32.6 Å². The van der Waals surface area contributed by atoms with Gasteiger partial charge in [0.05, 0.1) is 13.7 Å². The number of amides is 3. The molecule has 2 fully saturated rings. The van der Waals surface area contributed by atoms with Gasteiger partial charge in [0.1, 0.15) is 35.0 Å². The number of hydrogen-bond acceptors (Lipinski definition) is 7. The maximum Gasteiger partial charge on any atom is 0.246 e. The minimum atomic E-state index is -4.80. The van der Waals surface area contributed by atoms with E-state index in [1.165, 1.54) is 12.0 Å². The van der Waals surface area contributed by atoms with Crippen molar-refractivity contribution in [2.24, 2.45) is 5.73 Å². The summed E-state index contributed by atoms with van der Waals surface area (Å²) >= 11 is 5.99. The van der Waals surface area contributed by atoms with Crippen molar-refractivity contribution in [3.8, 4) is 5.75 Å². The molecule has 0 spiro atoms. The molecule has 2 saturated heterocycles. The van der Waals surface area contributed by atoms with Gasteiger partial charge in [0.25, 0.3) is 0 Å². The summed E-state index contributed by atoms with van der Waals surface area (Å²) in [4.78, 5) is 38.6. The number of primary amides is 1. The van der Waals surface area contributed by atoms with Crippen molar-refractivity contribution >= 4 is 39.2 Å². The van der Waals surface area contributed by atoms with E-state index in [1.807, 2.05) is 0 Å². The summed E-state index contributed by atoms with van der Waals surface area (Å²) in [5.74, 6) is -3.64. The predicted molar refractivity (Wildman–Crippen MR) is 135 cm³/mol. The number of carbonyl (C=O) groups is 3. The number of hydrogen-bond donors (Lipinski definition) is 2. The standard InChI is InChI=1S/C25H26ClFN4O6S/c1-14(2)30-13-25(38(35,36)21-11-17(27)8-9-20(21)37-3)29-18(23(28)33)12-22(32)31(25)19(24(30)34)10-15-4-6-16(26)7-5-15/h4-9,11,14,18-19,29H,10,13H2,1-3H3,(H2,28,33). The fourth-order valence-electron chi connectivity index (χ4n) is 4.75. The lowest BCUT2D eigenvalue weighted by Crippen LogP contribution is -2.83. The average molecular weight is 565 g/mol. The predicted octanol–water partition coefficient (Wildman–Crippen LogP) is 1.14. The summed E-state index contributed by atoms with van der Waals surface area (Å²) in [7, 11) is -3.59. The van der Waals surface area contributed by atoms with Crippen molar-refractivity contribution in [2.45, 2.75) is 48.3 Å². The maximum absolute atomic E-state index is 14.5. The second kappa shape index (κ2) is 10.2. The number of benzene rings is 2. The van der Waals surface area contributed by atoms with Crippen molar-refractivity contribution < 1.29 is 31.9 Å². The smallest absolute Gasteiger partial charge is 0.246 e. The van der Waals surface area contributed by atoms with Crippen molar-refractivity contribution in [3.63, 3.8) is 0 Å². The van der Waals surface area contributed by atoms with Gasteiger partial charge in [-0.25, -0.2) is 12.8 Å². The quantitative estimate of drug-likeness (QED) is 0.514. The second-order valence-electron chi connectivity index (χ2n) is 9.29. The number of sulfone groups is 1. The number of nitrogens with zero attached hydrogens (tertiary/aromatic N) is 2. The van der Waals surface area contributed by atoms with E-state index in [9.17, 15) is 27.2 Å². The Bertz CT molecular complexity index is 1390. The average Bonchev–Trinajstić information content (AvgIpc) is 2.86. The Morgan fingerprint density at radius 3 is 2.50 bits per heavy atom. The van der Waals surface area contributed by atoms with Crippen LogP contribution in [0.15, 0.2) is 47.4 Å². The van der Waals surface area contributed by atoms with Gasteiger partial charge in [-0.15, -0.1) is 0 Å². The summed E-state index contributed by atoms with van der Waals surface area (Å²) in [6, 6.07) is 5.99. The van der Waals surface area contributed by atoms with E-state index in [4.69, 9.17) is 22.1 Å². The van der Waals surface area contributed by atoms with Crippen LogP contribution in [0.25, 0.3) is 0 Å². The topological polar surface area (TPSA) is 139 Å². The Morgan fingerprint density at radius 2 is 1.92 bits per heavy atom. The Morgan fingerprint density at radius 1 is 1.26 bits per heavy atom. The number of methoxy groups -OCH3 is 1. The van der Waals surface area contributed by atoms with Crippen LogP contribution in [-0.2, 0) is 30.6 Å². The molecule has 2 aliphatic heterocycles. The maximum atomic E-state index is 14.5. The minimum absolute atomic E-state index is 0.0763. The van der Waals surface area contributed by atoms with Gasteiger partial charge < -0.3 is 15.4 Å². The van der Waals surface area contributed by atoms with E-state index in [1.54, 1.807) is 38.1 Å². The molecule has 3 unspecified atom stereocenters. The van der Waals surface area contributed by atoms with E-state index < -0.39 is 67.9 Å². The number of rotatable bonds is 7. The van der Waals surface area contributed by atoms with Gasteiger partial charge in [0, 0.05) is 17.5 Å². The number of halogens is 2. The highest BCUT2D eigenvalue weighted by atomic mass is 35.5. The summed E-state index contributed by atoms with van der Waals surface area (Å²) in [5.41, 5.74) is 6.05. The first-order valence-electron chi connectivity index (χ1n) is 11.6. The van der Waals surface area contributed by atoms with Gasteiger partial charge in [-0.1, -0.05) is 23.7 Å². The number of piperazine rings is 1. The molecule has 0 bridgehead atoms. The molecule has 0 aliphatic carbocycles. The van der Waals surface area contributed by atoms with Crippen LogP contribution >= 0.6 is 11.6 Å². The Labute approximate surface area is 224 Å². The first-order valence-corrected chi connectivity index (χ1v) is 13.5. The van der Waals surface area contributed by atoms with Crippen LogP contribution in [0.1, 0.15) is 19.4 Å². The third-order valence-corrected chi connectivity index (χ3v) is 9.10. The van der Waals surface area contributed by atoms with Crippen LogP contribution in [-0.4, -0.2) is 72.7 Å². The highest BCUT2D eigenvalue weighted by Gasteiger charge is 2.64. The summed E-state index contributed by atoms with van der Waals surface area (Å²) in [5, 5.41) is 3.13. The third-order valence-electron chi connectivity index (χ3n) is 6.62. The zero-order valence-electron chi connectivity index (χ0n) is 20.8. The molecule has 0 saturated carbocycles. The highest BCUT2D eigenvalue weighted by Crippen LogP contribution is 2.41. The van der Waals surface area contributed by atoms with Gasteiger partial charge >= 0.3 is 0 Å². The molecule has 2 aromatic rings. The number of carbonyl (C=O) groups excluding carboxylic acids is 3. The SMILES string of the molecule is COc1ccc(F)cc1S(=O)(=O)C12CN(C(C)C)C(=O)C(Cc3ccc(Cl)cc3)N1C(=O)[C]C(C(N)=O)N2. The fourth-order valence-corrected chi connectivity index (χ4v) is 6.98. The minimum Gasteiger partial charge on any atom is -0.495 e. The Hall–Kier alpha value is -3.22. The zero-order valence-corrected chi connectivity index (χ0v) is 22.3. The monoisotopic (exact) mass is 564 g/mol. The summed E-state index contributed by atoms with van der Waals surface area (Å²) < 4.78 is 48.5. The van der Waals surface area contributed by atoms with Crippen LogP contribution in [0.4, 0.5) is 4.39 Å². The van der Waals surface area contributed by atoms with Crippen molar-refractivity contribution in [3.05, 3.63) is 65.3 Å². The summed E-state index contributed by atoms with van der Waals surface area (Å²) in [6.07, 6.45) is 2.26. The lowest BCUT2D eigenvalue weighted by molar-refractivity contribution is -0.164. The number of nitrogens with two attached hydrogens (primary N) is 1. The molecule has 2 heterocycles. The molecule has 38 heavy (non-hydrogen) atoms. The molecule has 202 valence electrons. The molecule has 2 aromatic carbocycles. The zero-order chi connectivity index (χ0) is 28.0. The molecule has 2 aliphatic rings. The molecule has 13 heteroatoms. The van der Waals surface area contributed by atoms with E-state index in [2.05, 4.69) is 11.7 Å². The third kappa shape index (κ3) is 4.61.